The van der Waals surface area contributed by atoms with Gasteiger partial charge in [-0.2, -0.15) is 0 Å². The number of carbonyl (C=O) groups excluding carboxylic acids is 1. The predicted molar refractivity (Wildman–Crippen MR) is 95.4 cm³/mol. The van der Waals surface area contributed by atoms with Crippen LogP contribution in [0, 0.1) is 0 Å². The molecule has 1 aliphatic heterocycles. The number of amides is 1. The average molecular weight is 366 g/mol. The van der Waals surface area contributed by atoms with Gasteiger partial charge in [0.25, 0.3) is 0 Å². The zero-order chi connectivity index (χ0) is 16.9. The third kappa shape index (κ3) is 4.28. The monoisotopic (exact) mass is 365 g/mol. The molecule has 0 spiro atoms. The second kappa shape index (κ2) is 8.00. The van der Waals surface area contributed by atoms with Gasteiger partial charge >= 0.3 is 0 Å². The Morgan fingerprint density at radius 3 is 2.54 bits per heavy atom. The first-order chi connectivity index (χ1) is 11.6. The molecule has 1 amide bonds. The van der Waals surface area contributed by atoms with Gasteiger partial charge < -0.3 is 5.73 Å². The molecule has 0 atom stereocenters. The number of rotatable bonds is 6. The molecule has 128 valence electrons. The summed E-state index contributed by atoms with van der Waals surface area (Å²) in [4.78, 5) is 13.5. The second-order valence-electron chi connectivity index (χ2n) is 5.80. The Bertz CT molecular complexity index is 697. The number of piperidine rings is 1. The van der Waals surface area contributed by atoms with Crippen LogP contribution in [0.1, 0.15) is 25.1 Å². The summed E-state index contributed by atoms with van der Waals surface area (Å²) in [7, 11) is 0. The second-order valence-corrected chi connectivity index (χ2v) is 7.18. The maximum Gasteiger partial charge on any atom is 0.227 e. The molecule has 1 aromatic heterocycles. The molecule has 1 aromatic carbocycles. The van der Waals surface area contributed by atoms with E-state index in [1.54, 1.807) is 0 Å². The lowest BCUT2D eigenvalue weighted by molar-refractivity contribution is -0.115. The normalized spacial score (nSPS) is 15.5. The number of aromatic nitrogens is 3. The van der Waals surface area contributed by atoms with E-state index in [0.29, 0.717) is 10.2 Å². The first-order valence-corrected chi connectivity index (χ1v) is 9.33. The molecule has 3 rings (SSSR count). The fourth-order valence-corrected chi connectivity index (χ4v) is 3.63. The van der Waals surface area contributed by atoms with E-state index in [4.69, 9.17) is 17.3 Å². The summed E-state index contributed by atoms with van der Waals surface area (Å²) >= 11 is 7.30. The van der Waals surface area contributed by atoms with Gasteiger partial charge in [-0.1, -0.05) is 29.8 Å². The maximum atomic E-state index is 11.1. The van der Waals surface area contributed by atoms with Crippen molar-refractivity contribution in [1.82, 2.24) is 19.7 Å². The highest BCUT2D eigenvalue weighted by molar-refractivity contribution is 7.99. The van der Waals surface area contributed by atoms with Crippen LogP contribution < -0.4 is 5.73 Å². The summed E-state index contributed by atoms with van der Waals surface area (Å²) in [5.41, 5.74) is 6.20. The summed E-state index contributed by atoms with van der Waals surface area (Å²) in [6, 6.07) is 7.54. The number of thioether (sulfide) groups is 1. The first kappa shape index (κ1) is 17.3. The van der Waals surface area contributed by atoms with Crippen molar-refractivity contribution in [3.8, 4) is 5.69 Å². The van der Waals surface area contributed by atoms with Crippen molar-refractivity contribution < 1.29 is 4.79 Å². The van der Waals surface area contributed by atoms with E-state index in [1.807, 2.05) is 28.8 Å². The Morgan fingerprint density at radius 1 is 1.17 bits per heavy atom. The third-order valence-corrected chi connectivity index (χ3v) is 5.15. The largest absolute Gasteiger partial charge is 0.369 e. The number of likely N-dealkylation sites (tertiary alicyclic amines) is 1. The lowest BCUT2D eigenvalue weighted by Gasteiger charge is -2.26. The van der Waals surface area contributed by atoms with E-state index in [1.165, 1.54) is 31.0 Å². The van der Waals surface area contributed by atoms with Crippen molar-refractivity contribution in [2.75, 3.05) is 18.8 Å². The molecule has 2 aromatic rings. The van der Waals surface area contributed by atoms with Crippen molar-refractivity contribution in [2.24, 2.45) is 5.73 Å². The van der Waals surface area contributed by atoms with Crippen LogP contribution in [0.2, 0.25) is 5.02 Å². The quantitative estimate of drug-likeness (QED) is 0.796. The Kier molecular flexibility index (Phi) is 5.76. The minimum Gasteiger partial charge on any atom is -0.369 e. The number of hydrogen-bond acceptors (Lipinski definition) is 5. The smallest absolute Gasteiger partial charge is 0.227 e. The molecular formula is C16H20ClN5OS. The lowest BCUT2D eigenvalue weighted by Crippen LogP contribution is -2.30. The minimum atomic E-state index is -0.372. The molecule has 6 nitrogen and oxygen atoms in total. The van der Waals surface area contributed by atoms with Crippen LogP contribution in [-0.4, -0.2) is 44.4 Å². The molecule has 0 unspecified atom stereocenters. The van der Waals surface area contributed by atoms with Crippen LogP contribution in [0.4, 0.5) is 0 Å². The summed E-state index contributed by atoms with van der Waals surface area (Å²) < 4.78 is 1.98. The van der Waals surface area contributed by atoms with Crippen molar-refractivity contribution in [2.45, 2.75) is 31.0 Å². The molecule has 24 heavy (non-hydrogen) atoms. The van der Waals surface area contributed by atoms with Gasteiger partial charge in [0.15, 0.2) is 11.0 Å². The maximum absolute atomic E-state index is 11.1. The SMILES string of the molecule is NC(=O)CSc1nnc(CN2CCCCC2)n1-c1ccc(Cl)cc1. The predicted octanol–water partition coefficient (Wildman–Crippen LogP) is 2.48. The average Bonchev–Trinajstić information content (AvgIpc) is 2.97. The van der Waals surface area contributed by atoms with Gasteiger partial charge in [0.05, 0.1) is 12.3 Å². The molecule has 1 saturated heterocycles. The molecule has 1 aliphatic rings. The Labute approximate surface area is 150 Å². The highest BCUT2D eigenvalue weighted by Gasteiger charge is 2.19. The zero-order valence-electron chi connectivity index (χ0n) is 13.3. The Morgan fingerprint density at radius 2 is 1.88 bits per heavy atom. The van der Waals surface area contributed by atoms with Crippen molar-refractivity contribution in [3.05, 3.63) is 35.1 Å². The van der Waals surface area contributed by atoms with Gasteiger partial charge in [0.1, 0.15) is 0 Å². The van der Waals surface area contributed by atoms with Crippen molar-refractivity contribution >= 4 is 29.3 Å². The number of nitrogens with two attached hydrogens (primary N) is 1. The van der Waals surface area contributed by atoms with Crippen LogP contribution in [0.3, 0.4) is 0 Å². The van der Waals surface area contributed by atoms with Crippen LogP contribution in [0.15, 0.2) is 29.4 Å². The van der Waals surface area contributed by atoms with Gasteiger partial charge in [-0.15, -0.1) is 10.2 Å². The number of hydrogen-bond donors (Lipinski definition) is 1. The van der Waals surface area contributed by atoms with E-state index >= 15 is 0 Å². The van der Waals surface area contributed by atoms with Gasteiger partial charge in [0, 0.05) is 10.7 Å². The van der Waals surface area contributed by atoms with Gasteiger partial charge in [0.2, 0.25) is 5.91 Å². The highest BCUT2D eigenvalue weighted by Crippen LogP contribution is 2.24. The summed E-state index contributed by atoms with van der Waals surface area (Å²) in [6.07, 6.45) is 3.73. The molecular weight excluding hydrogens is 346 g/mol. The van der Waals surface area contributed by atoms with E-state index in [-0.39, 0.29) is 11.7 Å². The molecule has 0 radical (unpaired) electrons. The fraction of sp³-hybridized carbons (Fsp3) is 0.438. The number of nitrogens with zero attached hydrogens (tertiary/aromatic N) is 4. The molecule has 0 bridgehead atoms. The number of primary amides is 1. The van der Waals surface area contributed by atoms with E-state index in [0.717, 1.165) is 31.1 Å². The third-order valence-electron chi connectivity index (χ3n) is 3.94. The number of benzene rings is 1. The molecule has 8 heteroatoms. The molecule has 2 heterocycles. The number of carbonyl (C=O) groups is 1. The lowest BCUT2D eigenvalue weighted by atomic mass is 10.1. The molecule has 0 saturated carbocycles. The van der Waals surface area contributed by atoms with Crippen LogP contribution in [0.5, 0.6) is 0 Å². The summed E-state index contributed by atoms with van der Waals surface area (Å²) in [5, 5.41) is 9.96. The van der Waals surface area contributed by atoms with E-state index in [9.17, 15) is 4.79 Å². The summed E-state index contributed by atoms with van der Waals surface area (Å²) in [5.74, 6) is 0.671. The van der Waals surface area contributed by atoms with Crippen LogP contribution in [-0.2, 0) is 11.3 Å². The van der Waals surface area contributed by atoms with E-state index < -0.39 is 0 Å². The fourth-order valence-electron chi connectivity index (χ4n) is 2.80. The minimum absolute atomic E-state index is 0.176. The first-order valence-electron chi connectivity index (χ1n) is 7.97. The summed E-state index contributed by atoms with van der Waals surface area (Å²) in [6.45, 7) is 2.90. The zero-order valence-corrected chi connectivity index (χ0v) is 14.9. The van der Waals surface area contributed by atoms with E-state index in [2.05, 4.69) is 15.1 Å². The number of halogens is 1. The Balaban J connectivity index is 1.89. The molecule has 1 fully saturated rings. The van der Waals surface area contributed by atoms with Crippen molar-refractivity contribution in [3.63, 3.8) is 0 Å². The van der Waals surface area contributed by atoms with Gasteiger partial charge in [-0.3, -0.25) is 14.3 Å². The highest BCUT2D eigenvalue weighted by atomic mass is 35.5. The van der Waals surface area contributed by atoms with Gasteiger partial charge in [-0.25, -0.2) is 0 Å². The Hall–Kier alpha value is -1.57. The van der Waals surface area contributed by atoms with Crippen LogP contribution in [0.25, 0.3) is 5.69 Å². The molecule has 2 N–H and O–H groups in total. The van der Waals surface area contributed by atoms with Crippen molar-refractivity contribution in [1.29, 1.82) is 0 Å². The molecule has 0 aliphatic carbocycles. The van der Waals surface area contributed by atoms with Gasteiger partial charge in [-0.05, 0) is 50.2 Å². The van der Waals surface area contributed by atoms with Crippen LogP contribution >= 0.6 is 23.4 Å². The standard InChI is InChI=1S/C16H20ClN5OS/c17-12-4-6-13(7-5-12)22-15(10-21-8-2-1-3-9-21)19-20-16(22)24-11-14(18)23/h4-7H,1-3,8-11H2,(H2,18,23). The topological polar surface area (TPSA) is 77.0 Å².